The third kappa shape index (κ3) is 3.85. The van der Waals surface area contributed by atoms with Crippen molar-refractivity contribution in [3.63, 3.8) is 0 Å². The van der Waals surface area contributed by atoms with Gasteiger partial charge in [0.2, 0.25) is 5.88 Å². The average molecular weight is 311 g/mol. The van der Waals surface area contributed by atoms with Gasteiger partial charge in [0, 0.05) is 23.3 Å². The van der Waals surface area contributed by atoms with Crippen LogP contribution in [0.25, 0.3) is 0 Å². The summed E-state index contributed by atoms with van der Waals surface area (Å²) in [5, 5.41) is 4.32. The summed E-state index contributed by atoms with van der Waals surface area (Å²) in [5.41, 5.74) is 2.09. The highest BCUT2D eigenvalue weighted by molar-refractivity contribution is 6.35. The molecule has 0 spiro atoms. The lowest BCUT2D eigenvalue weighted by Crippen LogP contribution is -2.13. The first kappa shape index (κ1) is 15.1. The van der Waals surface area contributed by atoms with E-state index in [0.29, 0.717) is 21.7 Å². The largest absolute Gasteiger partial charge is 0.437 e. The van der Waals surface area contributed by atoms with Gasteiger partial charge >= 0.3 is 0 Å². The predicted molar refractivity (Wildman–Crippen MR) is 82.9 cm³/mol. The standard InChI is InChI=1S/C15H16Cl2N2O/c1-3-18-9-11-4-7-15(19-10(11)2)20-14-6-5-12(16)8-13(14)17/h4-8,18H,3,9H2,1-2H3. The van der Waals surface area contributed by atoms with Gasteiger partial charge in [-0.3, -0.25) is 0 Å². The monoisotopic (exact) mass is 310 g/mol. The molecule has 0 saturated heterocycles. The van der Waals surface area contributed by atoms with Crippen molar-refractivity contribution in [3.8, 4) is 11.6 Å². The highest BCUT2D eigenvalue weighted by Crippen LogP contribution is 2.31. The van der Waals surface area contributed by atoms with Gasteiger partial charge in [0.1, 0.15) is 5.75 Å². The van der Waals surface area contributed by atoms with E-state index >= 15 is 0 Å². The van der Waals surface area contributed by atoms with E-state index in [0.717, 1.165) is 24.3 Å². The predicted octanol–water partition coefficient (Wildman–Crippen LogP) is 4.60. The Kier molecular flexibility index (Phi) is 5.24. The van der Waals surface area contributed by atoms with E-state index in [1.807, 2.05) is 19.1 Å². The molecule has 3 nitrogen and oxygen atoms in total. The second kappa shape index (κ2) is 6.93. The number of benzene rings is 1. The molecule has 0 aliphatic carbocycles. The topological polar surface area (TPSA) is 34.1 Å². The van der Waals surface area contributed by atoms with Crippen LogP contribution in [0.3, 0.4) is 0 Å². The molecule has 0 aliphatic heterocycles. The van der Waals surface area contributed by atoms with Crippen LogP contribution in [0, 0.1) is 6.92 Å². The Bertz CT molecular complexity index is 602. The van der Waals surface area contributed by atoms with Crippen molar-refractivity contribution in [1.82, 2.24) is 10.3 Å². The molecule has 0 radical (unpaired) electrons. The Labute approximate surface area is 128 Å². The van der Waals surface area contributed by atoms with Crippen molar-refractivity contribution in [1.29, 1.82) is 0 Å². The number of halogens is 2. The molecule has 0 amide bonds. The number of aryl methyl sites for hydroxylation is 1. The van der Waals surface area contributed by atoms with Crippen LogP contribution >= 0.6 is 23.2 Å². The van der Waals surface area contributed by atoms with Gasteiger partial charge in [-0.05, 0) is 37.2 Å². The quantitative estimate of drug-likeness (QED) is 0.876. The van der Waals surface area contributed by atoms with Gasteiger partial charge < -0.3 is 10.1 Å². The molecule has 0 bridgehead atoms. The van der Waals surface area contributed by atoms with Crippen LogP contribution in [-0.4, -0.2) is 11.5 Å². The van der Waals surface area contributed by atoms with Crippen molar-refractivity contribution >= 4 is 23.2 Å². The molecular formula is C15H16Cl2N2O. The molecule has 1 aromatic carbocycles. The summed E-state index contributed by atoms with van der Waals surface area (Å²) < 4.78 is 5.68. The lowest BCUT2D eigenvalue weighted by Gasteiger charge is -2.10. The Hall–Kier alpha value is -1.29. The molecule has 1 heterocycles. The fourth-order valence-corrected chi connectivity index (χ4v) is 2.19. The summed E-state index contributed by atoms with van der Waals surface area (Å²) in [5.74, 6) is 1.06. The molecule has 2 aromatic rings. The number of nitrogens with one attached hydrogen (secondary N) is 1. The lowest BCUT2D eigenvalue weighted by atomic mass is 10.2. The summed E-state index contributed by atoms with van der Waals surface area (Å²) in [4.78, 5) is 4.43. The third-order valence-corrected chi connectivity index (χ3v) is 3.37. The SMILES string of the molecule is CCNCc1ccc(Oc2ccc(Cl)cc2Cl)nc1C. The fourth-order valence-electron chi connectivity index (χ4n) is 1.74. The molecule has 106 valence electrons. The maximum Gasteiger partial charge on any atom is 0.219 e. The van der Waals surface area contributed by atoms with Crippen LogP contribution in [0.4, 0.5) is 0 Å². The van der Waals surface area contributed by atoms with Crippen molar-refractivity contribution in [2.75, 3.05) is 6.54 Å². The van der Waals surface area contributed by atoms with Crippen molar-refractivity contribution in [3.05, 3.63) is 51.6 Å². The molecule has 0 fully saturated rings. The van der Waals surface area contributed by atoms with E-state index < -0.39 is 0 Å². The zero-order valence-corrected chi connectivity index (χ0v) is 12.9. The number of hydrogen-bond donors (Lipinski definition) is 1. The zero-order chi connectivity index (χ0) is 14.5. The molecule has 5 heteroatoms. The molecule has 1 aromatic heterocycles. The van der Waals surface area contributed by atoms with Crippen LogP contribution < -0.4 is 10.1 Å². The van der Waals surface area contributed by atoms with Crippen LogP contribution in [0.15, 0.2) is 30.3 Å². The van der Waals surface area contributed by atoms with E-state index in [9.17, 15) is 0 Å². The van der Waals surface area contributed by atoms with Crippen LogP contribution in [0.2, 0.25) is 10.0 Å². The normalized spacial score (nSPS) is 10.6. The highest BCUT2D eigenvalue weighted by Gasteiger charge is 2.07. The number of nitrogens with zero attached hydrogens (tertiary/aromatic N) is 1. The van der Waals surface area contributed by atoms with Crippen LogP contribution in [0.5, 0.6) is 11.6 Å². The maximum absolute atomic E-state index is 6.07. The van der Waals surface area contributed by atoms with Gasteiger partial charge in [-0.2, -0.15) is 0 Å². The lowest BCUT2D eigenvalue weighted by molar-refractivity contribution is 0.461. The van der Waals surface area contributed by atoms with Gasteiger partial charge in [0.15, 0.2) is 0 Å². The minimum atomic E-state index is 0.466. The van der Waals surface area contributed by atoms with Gasteiger partial charge in [-0.1, -0.05) is 36.2 Å². The molecule has 0 aliphatic rings. The minimum Gasteiger partial charge on any atom is -0.437 e. The van der Waals surface area contributed by atoms with E-state index in [2.05, 4.69) is 17.2 Å². The van der Waals surface area contributed by atoms with Gasteiger partial charge in [0.25, 0.3) is 0 Å². The molecule has 1 N–H and O–H groups in total. The summed E-state index contributed by atoms with van der Waals surface area (Å²) >= 11 is 11.9. The first-order valence-corrected chi connectivity index (χ1v) is 7.16. The maximum atomic E-state index is 6.07. The van der Waals surface area contributed by atoms with Crippen molar-refractivity contribution < 1.29 is 4.74 Å². The fraction of sp³-hybridized carbons (Fsp3) is 0.267. The second-order valence-electron chi connectivity index (χ2n) is 4.35. The molecular weight excluding hydrogens is 295 g/mol. The Balaban J connectivity index is 2.15. The van der Waals surface area contributed by atoms with E-state index in [1.165, 1.54) is 0 Å². The summed E-state index contributed by atoms with van der Waals surface area (Å²) in [6.07, 6.45) is 0. The van der Waals surface area contributed by atoms with Crippen molar-refractivity contribution in [2.45, 2.75) is 20.4 Å². The molecule has 20 heavy (non-hydrogen) atoms. The van der Waals surface area contributed by atoms with Crippen LogP contribution in [-0.2, 0) is 6.54 Å². The summed E-state index contributed by atoms with van der Waals surface area (Å²) in [7, 11) is 0. The number of pyridine rings is 1. The number of aromatic nitrogens is 1. The van der Waals surface area contributed by atoms with E-state index in [-0.39, 0.29) is 0 Å². The molecule has 0 saturated carbocycles. The van der Waals surface area contributed by atoms with Gasteiger partial charge in [-0.25, -0.2) is 4.98 Å². The number of rotatable bonds is 5. The minimum absolute atomic E-state index is 0.466. The molecule has 2 rings (SSSR count). The first-order chi connectivity index (χ1) is 9.60. The smallest absolute Gasteiger partial charge is 0.219 e. The molecule has 0 unspecified atom stereocenters. The van der Waals surface area contributed by atoms with Gasteiger partial charge in [0.05, 0.1) is 5.02 Å². The Morgan fingerprint density at radius 3 is 2.65 bits per heavy atom. The number of ether oxygens (including phenoxy) is 1. The molecule has 0 atom stereocenters. The van der Waals surface area contributed by atoms with Crippen LogP contribution in [0.1, 0.15) is 18.2 Å². The highest BCUT2D eigenvalue weighted by atomic mass is 35.5. The Morgan fingerprint density at radius 1 is 1.20 bits per heavy atom. The summed E-state index contributed by atoms with van der Waals surface area (Å²) in [6, 6.07) is 8.95. The van der Waals surface area contributed by atoms with E-state index in [1.54, 1.807) is 18.2 Å². The first-order valence-electron chi connectivity index (χ1n) is 6.40. The van der Waals surface area contributed by atoms with Crippen molar-refractivity contribution in [2.24, 2.45) is 0 Å². The number of hydrogen-bond acceptors (Lipinski definition) is 3. The zero-order valence-electron chi connectivity index (χ0n) is 11.4. The average Bonchev–Trinajstić information content (AvgIpc) is 2.41. The third-order valence-electron chi connectivity index (χ3n) is 2.84. The van der Waals surface area contributed by atoms with E-state index in [4.69, 9.17) is 27.9 Å². The second-order valence-corrected chi connectivity index (χ2v) is 5.19. The van der Waals surface area contributed by atoms with Gasteiger partial charge in [-0.15, -0.1) is 0 Å². The summed E-state index contributed by atoms with van der Waals surface area (Å²) in [6.45, 7) is 5.77. The Morgan fingerprint density at radius 2 is 2.00 bits per heavy atom.